The van der Waals surface area contributed by atoms with Crippen molar-refractivity contribution in [3.63, 3.8) is 0 Å². The lowest BCUT2D eigenvalue weighted by Crippen LogP contribution is -2.65. The van der Waals surface area contributed by atoms with Crippen LogP contribution in [-0.4, -0.2) is 70.2 Å². The van der Waals surface area contributed by atoms with Gasteiger partial charge in [0, 0.05) is 24.7 Å². The van der Waals surface area contributed by atoms with Crippen molar-refractivity contribution < 1.29 is 28.6 Å². The number of methoxy groups -OCH3 is 1. The van der Waals surface area contributed by atoms with Gasteiger partial charge in [-0.05, 0) is 33.4 Å². The lowest BCUT2D eigenvalue weighted by Gasteiger charge is -2.49. The molecule has 10 heteroatoms. The van der Waals surface area contributed by atoms with Gasteiger partial charge in [-0.2, -0.15) is 0 Å². The van der Waals surface area contributed by atoms with Crippen molar-refractivity contribution in [3.05, 3.63) is 11.3 Å². The van der Waals surface area contributed by atoms with E-state index in [1.807, 2.05) is 0 Å². The van der Waals surface area contributed by atoms with Crippen molar-refractivity contribution in [2.24, 2.45) is 4.99 Å². The van der Waals surface area contributed by atoms with Gasteiger partial charge < -0.3 is 14.2 Å². The molecule has 1 saturated heterocycles. The molecule has 0 aliphatic carbocycles. The minimum absolute atomic E-state index is 0.156. The molecule has 2 rings (SSSR count). The van der Waals surface area contributed by atoms with Gasteiger partial charge in [0.15, 0.2) is 17.4 Å². The summed E-state index contributed by atoms with van der Waals surface area (Å²) in [7, 11) is 1.55. The Hall–Kier alpha value is -1.68. The second kappa shape index (κ2) is 10.8. The number of amides is 1. The van der Waals surface area contributed by atoms with Gasteiger partial charge in [0.2, 0.25) is 0 Å². The highest BCUT2D eigenvalue weighted by Crippen LogP contribution is 2.44. The number of unbranched alkanes of at least 4 members (excludes halogenated alkanes) is 1. The van der Waals surface area contributed by atoms with Crippen molar-refractivity contribution in [1.82, 2.24) is 4.90 Å². The molecule has 2 aliphatic heterocycles. The summed E-state index contributed by atoms with van der Waals surface area (Å²) in [5.74, 6) is -0.390. The predicted octanol–water partition coefficient (Wildman–Crippen LogP) is 3.35. The fourth-order valence-corrected chi connectivity index (χ4v) is 5.39. The normalized spacial score (nSPS) is 22.5. The number of carbonyl (C=O) groups excluding carboxylic acids is 3. The number of hydrogen-bond donors (Lipinski definition) is 0. The average molecular weight is 473 g/mol. The van der Waals surface area contributed by atoms with Crippen molar-refractivity contribution in [3.8, 4) is 0 Å². The molecule has 8 nitrogen and oxygen atoms in total. The van der Waals surface area contributed by atoms with Gasteiger partial charge in [0.05, 0.1) is 7.11 Å². The van der Waals surface area contributed by atoms with Crippen LogP contribution in [-0.2, 0) is 28.6 Å². The zero-order chi connectivity index (χ0) is 23.3. The van der Waals surface area contributed by atoms with E-state index in [0.29, 0.717) is 23.6 Å². The molecule has 2 heterocycles. The number of aliphatic imine (C=N–C) groups is 1. The van der Waals surface area contributed by atoms with Gasteiger partial charge in [0.25, 0.3) is 5.91 Å². The molecule has 3 atom stereocenters. The summed E-state index contributed by atoms with van der Waals surface area (Å²) in [6, 6.07) is -0.614. The Kier molecular flexibility index (Phi) is 8.88. The van der Waals surface area contributed by atoms with Crippen molar-refractivity contribution in [2.45, 2.75) is 76.3 Å². The van der Waals surface area contributed by atoms with Crippen LogP contribution in [0.3, 0.4) is 0 Å². The second-order valence-electron chi connectivity index (χ2n) is 8.24. The van der Waals surface area contributed by atoms with E-state index in [0.717, 1.165) is 12.8 Å². The van der Waals surface area contributed by atoms with E-state index >= 15 is 0 Å². The number of β-lactam (4-membered cyclic amide) rings is 1. The van der Waals surface area contributed by atoms with E-state index in [2.05, 4.69) is 11.9 Å². The molecule has 0 aromatic rings. The molecule has 0 radical (unpaired) electrons. The number of hydrogen-bond acceptors (Lipinski definition) is 9. The molecular weight excluding hydrogens is 440 g/mol. The smallest absolute Gasteiger partial charge is 0.355 e. The summed E-state index contributed by atoms with van der Waals surface area (Å²) in [5.41, 5.74) is -0.696. The third-order valence-electron chi connectivity index (χ3n) is 4.60. The number of nitrogens with zero attached hydrogens (tertiary/aromatic N) is 2. The maximum atomic E-state index is 13.1. The Morgan fingerprint density at radius 2 is 2.03 bits per heavy atom. The van der Waals surface area contributed by atoms with Crippen LogP contribution in [0.1, 0.15) is 53.9 Å². The van der Waals surface area contributed by atoms with E-state index in [1.165, 1.54) is 35.3 Å². The van der Waals surface area contributed by atoms with Crippen LogP contribution in [0.15, 0.2) is 16.3 Å². The van der Waals surface area contributed by atoms with Crippen LogP contribution in [0.5, 0.6) is 0 Å². The summed E-state index contributed by atoms with van der Waals surface area (Å²) in [4.78, 5) is 43.7. The van der Waals surface area contributed by atoms with Gasteiger partial charge in [-0.1, -0.05) is 13.3 Å². The molecule has 0 saturated carbocycles. The Morgan fingerprint density at radius 3 is 2.55 bits per heavy atom. The van der Waals surface area contributed by atoms with Gasteiger partial charge in [0.1, 0.15) is 16.7 Å². The molecule has 0 bridgehead atoms. The largest absolute Gasteiger partial charge is 0.484 e. The maximum Gasteiger partial charge on any atom is 0.355 e. The molecule has 0 aromatic carbocycles. The lowest BCUT2D eigenvalue weighted by atomic mass is 10.0. The van der Waals surface area contributed by atoms with Crippen molar-refractivity contribution >= 4 is 47.3 Å². The molecule has 0 spiro atoms. The summed E-state index contributed by atoms with van der Waals surface area (Å²) in [5, 5.41) is -0.328. The molecular formula is C21H32N2O6S2. The highest BCUT2D eigenvalue weighted by molar-refractivity contribution is 8.01. The summed E-state index contributed by atoms with van der Waals surface area (Å²) >= 11 is 2.78. The number of thioether (sulfide) groups is 2. The number of fused-ring (bicyclic) bond motifs is 1. The molecule has 174 valence electrons. The SMILES string of the molecule is CCCCC(=N[C@@H]1C(=O)N2C(C(=O)OC(C)(C)C)=C(C(OC(C)=O)SC)CS[C@H]12)OC. The molecule has 2 aliphatic rings. The van der Waals surface area contributed by atoms with Crippen LogP contribution in [0.25, 0.3) is 0 Å². The van der Waals surface area contributed by atoms with Crippen molar-refractivity contribution in [2.75, 3.05) is 19.1 Å². The Morgan fingerprint density at radius 1 is 1.35 bits per heavy atom. The second-order valence-corrected chi connectivity index (χ2v) is 10.2. The van der Waals surface area contributed by atoms with E-state index in [4.69, 9.17) is 14.2 Å². The standard InChI is InChI=1S/C21H32N2O6S2/c1-8-9-10-14(27-6)22-15-17(25)23-16(19(26)29-21(3,4)5)13(11-31-18(15)23)20(30-7)28-12(2)24/h15,18,20H,8-11H2,1-7H3/t15-,18-,20?/m1/s1. The minimum atomic E-state index is -0.736. The molecule has 31 heavy (non-hydrogen) atoms. The molecule has 1 amide bonds. The van der Waals surface area contributed by atoms with Gasteiger partial charge in [-0.25, -0.2) is 9.79 Å². The topological polar surface area (TPSA) is 94.5 Å². The third kappa shape index (κ3) is 6.19. The quantitative estimate of drug-likeness (QED) is 0.175. The van der Waals surface area contributed by atoms with Crippen LogP contribution < -0.4 is 0 Å². The first-order valence-electron chi connectivity index (χ1n) is 10.3. The first kappa shape index (κ1) is 25.6. The Bertz CT molecular complexity index is 774. The first-order valence-corrected chi connectivity index (χ1v) is 12.6. The summed E-state index contributed by atoms with van der Waals surface area (Å²) in [6.45, 7) is 8.69. The van der Waals surface area contributed by atoms with E-state index < -0.39 is 29.0 Å². The van der Waals surface area contributed by atoms with Crippen LogP contribution in [0.4, 0.5) is 0 Å². The maximum absolute atomic E-state index is 13.1. The number of ether oxygens (including phenoxy) is 3. The van der Waals surface area contributed by atoms with Crippen LogP contribution >= 0.6 is 23.5 Å². The van der Waals surface area contributed by atoms with Crippen molar-refractivity contribution in [1.29, 1.82) is 0 Å². The molecule has 1 unspecified atom stereocenters. The van der Waals surface area contributed by atoms with Gasteiger partial charge in [-0.3, -0.25) is 14.5 Å². The van der Waals surface area contributed by atoms with Gasteiger partial charge >= 0.3 is 11.9 Å². The zero-order valence-corrected chi connectivity index (χ0v) is 20.9. The summed E-state index contributed by atoms with van der Waals surface area (Å²) < 4.78 is 16.3. The van der Waals surface area contributed by atoms with Crippen LogP contribution in [0.2, 0.25) is 0 Å². The van der Waals surface area contributed by atoms with Gasteiger partial charge in [-0.15, -0.1) is 23.5 Å². The Labute approximate surface area is 192 Å². The lowest BCUT2D eigenvalue weighted by molar-refractivity contribution is -0.158. The molecule has 1 fully saturated rings. The molecule has 0 N–H and O–H groups in total. The Balaban J connectivity index is 2.40. The predicted molar refractivity (Wildman–Crippen MR) is 123 cm³/mol. The third-order valence-corrected chi connectivity index (χ3v) is 6.69. The highest BCUT2D eigenvalue weighted by Gasteiger charge is 2.55. The molecule has 0 aromatic heterocycles. The van der Waals surface area contributed by atoms with E-state index in [9.17, 15) is 14.4 Å². The first-order chi connectivity index (χ1) is 14.5. The number of esters is 2. The fourth-order valence-electron chi connectivity index (χ4n) is 3.22. The highest BCUT2D eigenvalue weighted by atomic mass is 32.2. The monoisotopic (exact) mass is 472 g/mol. The summed E-state index contributed by atoms with van der Waals surface area (Å²) in [6.07, 6.45) is 4.36. The minimum Gasteiger partial charge on any atom is -0.484 e. The fraction of sp³-hybridized carbons (Fsp3) is 0.714. The zero-order valence-electron chi connectivity index (χ0n) is 19.2. The van der Waals surface area contributed by atoms with E-state index in [1.54, 1.807) is 34.1 Å². The number of carbonyl (C=O) groups is 3. The van der Waals surface area contributed by atoms with Crippen LogP contribution in [0, 0.1) is 0 Å². The average Bonchev–Trinajstić information content (AvgIpc) is 2.69. The number of rotatable bonds is 8. The van der Waals surface area contributed by atoms with E-state index in [-0.39, 0.29) is 17.0 Å².